The molecule has 1 heterocycles. The Kier molecular flexibility index (Phi) is 4.93. The zero-order valence-electron chi connectivity index (χ0n) is 11.2. The molecule has 2 rings (SSSR count). The van der Waals surface area contributed by atoms with Gasteiger partial charge in [0.15, 0.2) is 0 Å². The summed E-state index contributed by atoms with van der Waals surface area (Å²) in [6.45, 7) is 2.19. The van der Waals surface area contributed by atoms with Crippen LogP contribution in [0.5, 0.6) is 0 Å². The van der Waals surface area contributed by atoms with E-state index in [4.69, 9.17) is 5.73 Å². The highest BCUT2D eigenvalue weighted by Gasteiger charge is 2.17. The molecule has 0 aliphatic carbocycles. The van der Waals surface area contributed by atoms with Crippen molar-refractivity contribution < 1.29 is 8.42 Å². The van der Waals surface area contributed by atoms with Crippen LogP contribution in [0.4, 0.5) is 0 Å². The molecule has 0 saturated heterocycles. The topological polar surface area (TPSA) is 72.2 Å². The zero-order chi connectivity index (χ0) is 14.6. The van der Waals surface area contributed by atoms with Gasteiger partial charge in [-0.05, 0) is 24.1 Å². The van der Waals surface area contributed by atoms with Gasteiger partial charge in [0.25, 0.3) is 0 Å². The van der Waals surface area contributed by atoms with Crippen molar-refractivity contribution in [2.24, 2.45) is 5.73 Å². The van der Waals surface area contributed by atoms with Crippen LogP contribution >= 0.6 is 11.3 Å². The Morgan fingerprint density at radius 2 is 1.90 bits per heavy atom. The molecule has 0 aliphatic heterocycles. The fourth-order valence-electron chi connectivity index (χ4n) is 1.78. The van der Waals surface area contributed by atoms with Crippen molar-refractivity contribution >= 4 is 21.4 Å². The minimum absolute atomic E-state index is 0.186. The molecule has 1 aromatic heterocycles. The van der Waals surface area contributed by atoms with E-state index in [0.29, 0.717) is 4.21 Å². The van der Waals surface area contributed by atoms with Gasteiger partial charge in [0.05, 0.1) is 0 Å². The minimum atomic E-state index is -3.46. The number of rotatable bonds is 6. The van der Waals surface area contributed by atoms with Gasteiger partial charge in [-0.15, -0.1) is 11.3 Å². The fourth-order valence-corrected chi connectivity index (χ4v) is 4.18. The van der Waals surface area contributed by atoms with Crippen LogP contribution in [-0.4, -0.2) is 15.0 Å². The van der Waals surface area contributed by atoms with Crippen molar-refractivity contribution in [2.75, 3.05) is 6.54 Å². The average molecular weight is 310 g/mol. The molecule has 1 atom stereocenters. The van der Waals surface area contributed by atoms with Crippen molar-refractivity contribution in [1.29, 1.82) is 0 Å². The standard InChI is InChI=1S/C14H18N2O2S2/c1-2-12-8-9-14(19-12)20(17,18)16-10-13(15)11-6-4-3-5-7-11/h3-9,13,16H,2,10,15H2,1H3. The van der Waals surface area contributed by atoms with Gasteiger partial charge >= 0.3 is 0 Å². The quantitative estimate of drug-likeness (QED) is 0.860. The maximum atomic E-state index is 12.1. The summed E-state index contributed by atoms with van der Waals surface area (Å²) in [5.74, 6) is 0. The molecule has 2 aromatic rings. The highest BCUT2D eigenvalue weighted by Crippen LogP contribution is 2.22. The largest absolute Gasteiger partial charge is 0.323 e. The smallest absolute Gasteiger partial charge is 0.250 e. The van der Waals surface area contributed by atoms with Gasteiger partial charge in [-0.2, -0.15) is 0 Å². The molecule has 0 spiro atoms. The van der Waals surface area contributed by atoms with Crippen molar-refractivity contribution in [3.63, 3.8) is 0 Å². The Morgan fingerprint density at radius 3 is 2.50 bits per heavy atom. The molecule has 0 bridgehead atoms. The molecule has 0 saturated carbocycles. The Morgan fingerprint density at radius 1 is 1.20 bits per heavy atom. The molecule has 3 N–H and O–H groups in total. The van der Waals surface area contributed by atoms with Gasteiger partial charge in [-0.1, -0.05) is 37.3 Å². The minimum Gasteiger partial charge on any atom is -0.323 e. The van der Waals surface area contributed by atoms with Crippen LogP contribution in [-0.2, 0) is 16.4 Å². The molecule has 20 heavy (non-hydrogen) atoms. The van der Waals surface area contributed by atoms with Crippen molar-refractivity contribution in [3.8, 4) is 0 Å². The van der Waals surface area contributed by atoms with Crippen molar-refractivity contribution in [3.05, 3.63) is 52.9 Å². The summed E-state index contributed by atoms with van der Waals surface area (Å²) in [5, 5.41) is 0. The van der Waals surface area contributed by atoms with E-state index in [-0.39, 0.29) is 12.6 Å². The van der Waals surface area contributed by atoms with Gasteiger partial charge in [-0.25, -0.2) is 13.1 Å². The predicted octanol–water partition coefficient (Wildman–Crippen LogP) is 2.29. The molecule has 108 valence electrons. The molecule has 0 aliphatic rings. The third-order valence-electron chi connectivity index (χ3n) is 2.97. The number of nitrogens with one attached hydrogen (secondary N) is 1. The number of thiophene rings is 1. The highest BCUT2D eigenvalue weighted by molar-refractivity contribution is 7.91. The van der Waals surface area contributed by atoms with E-state index in [0.717, 1.165) is 16.9 Å². The van der Waals surface area contributed by atoms with Crippen LogP contribution in [0.2, 0.25) is 0 Å². The first-order chi connectivity index (χ1) is 9.53. The van der Waals surface area contributed by atoms with Crippen LogP contribution in [0.1, 0.15) is 23.4 Å². The van der Waals surface area contributed by atoms with Crippen LogP contribution in [0, 0.1) is 0 Å². The van der Waals surface area contributed by atoms with Gasteiger partial charge in [0, 0.05) is 17.5 Å². The summed E-state index contributed by atoms with van der Waals surface area (Å²) >= 11 is 1.30. The molecule has 0 amide bonds. The second kappa shape index (κ2) is 6.49. The van der Waals surface area contributed by atoms with Crippen molar-refractivity contribution in [1.82, 2.24) is 4.72 Å². The normalized spacial score (nSPS) is 13.3. The predicted molar refractivity (Wildman–Crippen MR) is 82.3 cm³/mol. The summed E-state index contributed by atoms with van der Waals surface area (Å²) in [7, 11) is -3.46. The van der Waals surface area contributed by atoms with E-state index in [9.17, 15) is 8.42 Å². The van der Waals surface area contributed by atoms with E-state index in [1.54, 1.807) is 6.07 Å². The molecular weight excluding hydrogens is 292 g/mol. The number of sulfonamides is 1. The van der Waals surface area contributed by atoms with Crippen LogP contribution in [0.25, 0.3) is 0 Å². The Bertz CT molecular complexity index is 651. The maximum Gasteiger partial charge on any atom is 0.250 e. The zero-order valence-corrected chi connectivity index (χ0v) is 12.9. The number of hydrogen-bond acceptors (Lipinski definition) is 4. The first-order valence-corrected chi connectivity index (χ1v) is 8.72. The summed E-state index contributed by atoms with van der Waals surface area (Å²) < 4.78 is 27.2. The second-order valence-corrected chi connectivity index (χ2v) is 7.61. The van der Waals surface area contributed by atoms with E-state index in [1.807, 2.05) is 43.3 Å². The van der Waals surface area contributed by atoms with Gasteiger partial charge in [0.2, 0.25) is 10.0 Å². The monoisotopic (exact) mass is 310 g/mol. The van der Waals surface area contributed by atoms with Crippen LogP contribution in [0.15, 0.2) is 46.7 Å². The Hall–Kier alpha value is -1.21. The molecule has 0 radical (unpaired) electrons. The summed E-state index contributed by atoms with van der Waals surface area (Å²) in [6, 6.07) is 12.6. The SMILES string of the molecule is CCc1ccc(S(=O)(=O)NCC(N)c2ccccc2)s1. The average Bonchev–Trinajstić information content (AvgIpc) is 2.95. The number of hydrogen-bond donors (Lipinski definition) is 2. The summed E-state index contributed by atoms with van der Waals surface area (Å²) in [5.41, 5.74) is 6.90. The van der Waals surface area contributed by atoms with E-state index in [1.165, 1.54) is 11.3 Å². The lowest BCUT2D eigenvalue weighted by molar-refractivity contribution is 0.574. The molecule has 1 aromatic carbocycles. The third kappa shape index (κ3) is 3.67. The van der Waals surface area contributed by atoms with Crippen molar-refractivity contribution in [2.45, 2.75) is 23.6 Å². The number of nitrogens with two attached hydrogens (primary N) is 1. The number of aryl methyl sites for hydroxylation is 1. The van der Waals surface area contributed by atoms with E-state index >= 15 is 0 Å². The second-order valence-electron chi connectivity index (χ2n) is 4.44. The van der Waals surface area contributed by atoms with E-state index < -0.39 is 10.0 Å². The fraction of sp³-hybridized carbons (Fsp3) is 0.286. The Balaban J connectivity index is 2.02. The van der Waals surface area contributed by atoms with Crippen LogP contribution in [0.3, 0.4) is 0 Å². The van der Waals surface area contributed by atoms with Gasteiger partial charge < -0.3 is 5.73 Å². The molecule has 6 heteroatoms. The maximum absolute atomic E-state index is 12.1. The molecule has 1 unspecified atom stereocenters. The van der Waals surface area contributed by atoms with E-state index in [2.05, 4.69) is 4.72 Å². The summed E-state index contributed by atoms with van der Waals surface area (Å²) in [4.78, 5) is 1.05. The Labute approximate surface area is 123 Å². The first kappa shape index (κ1) is 15.2. The van der Waals surface area contributed by atoms with Gasteiger partial charge in [0.1, 0.15) is 4.21 Å². The molecular formula is C14H18N2O2S2. The summed E-state index contributed by atoms with van der Waals surface area (Å²) in [6.07, 6.45) is 0.837. The highest BCUT2D eigenvalue weighted by atomic mass is 32.2. The lowest BCUT2D eigenvalue weighted by Gasteiger charge is -2.12. The lowest BCUT2D eigenvalue weighted by atomic mass is 10.1. The first-order valence-electron chi connectivity index (χ1n) is 6.42. The van der Waals surface area contributed by atoms with Crippen LogP contribution < -0.4 is 10.5 Å². The molecule has 4 nitrogen and oxygen atoms in total. The molecule has 0 fully saturated rings. The lowest BCUT2D eigenvalue weighted by Crippen LogP contribution is -2.31. The van der Waals surface area contributed by atoms with Gasteiger partial charge in [-0.3, -0.25) is 0 Å². The third-order valence-corrected chi connectivity index (χ3v) is 6.12. The number of benzene rings is 1.